The molecule has 0 aliphatic carbocycles. The zero-order chi connectivity index (χ0) is 16.8. The maximum absolute atomic E-state index is 12.2. The van der Waals surface area contributed by atoms with Gasteiger partial charge in [0.25, 0.3) is 0 Å². The molecular formula is C15H23NO5S. The van der Waals surface area contributed by atoms with Crippen molar-refractivity contribution in [1.29, 1.82) is 0 Å². The molecule has 22 heavy (non-hydrogen) atoms. The van der Waals surface area contributed by atoms with Crippen LogP contribution in [0.5, 0.6) is 5.75 Å². The minimum Gasteiger partial charge on any atom is -0.383 e. The number of carbonyl (C=O) groups excluding carboxylic acids is 1. The Morgan fingerprint density at radius 2 is 1.82 bits per heavy atom. The number of carbonyl (C=O) groups is 1. The summed E-state index contributed by atoms with van der Waals surface area (Å²) in [5.41, 5.74) is 0.894. The Kier molecular flexibility index (Phi) is 6.83. The Morgan fingerprint density at radius 1 is 1.23 bits per heavy atom. The highest BCUT2D eigenvalue weighted by molar-refractivity contribution is 7.86. The van der Waals surface area contributed by atoms with E-state index in [0.717, 1.165) is 11.8 Å². The number of methoxy groups -OCH3 is 1. The third-order valence-electron chi connectivity index (χ3n) is 2.92. The lowest BCUT2D eigenvalue weighted by molar-refractivity contribution is -0.135. The standard InChI is InChI=1S/C15H23NO5S/c1-12(2)15(17)16(9-10-20-3)11-13-5-7-14(8-6-13)21-22(4,18)19/h5-8,12H,9-11H2,1-4H3. The van der Waals surface area contributed by atoms with Crippen molar-refractivity contribution >= 4 is 16.0 Å². The van der Waals surface area contributed by atoms with Crippen LogP contribution < -0.4 is 4.18 Å². The van der Waals surface area contributed by atoms with E-state index in [9.17, 15) is 13.2 Å². The lowest BCUT2D eigenvalue weighted by Crippen LogP contribution is -2.36. The van der Waals surface area contributed by atoms with Crippen molar-refractivity contribution in [2.24, 2.45) is 5.92 Å². The zero-order valence-electron chi connectivity index (χ0n) is 13.4. The van der Waals surface area contributed by atoms with Crippen LogP contribution in [0.25, 0.3) is 0 Å². The van der Waals surface area contributed by atoms with Crippen LogP contribution in [0.4, 0.5) is 0 Å². The van der Waals surface area contributed by atoms with Gasteiger partial charge in [0.15, 0.2) is 0 Å². The van der Waals surface area contributed by atoms with Crippen molar-refractivity contribution in [3.8, 4) is 5.75 Å². The van der Waals surface area contributed by atoms with Crippen molar-refractivity contribution in [2.75, 3.05) is 26.5 Å². The maximum atomic E-state index is 12.2. The molecule has 1 amide bonds. The Hall–Kier alpha value is -1.60. The molecule has 7 heteroatoms. The van der Waals surface area contributed by atoms with E-state index in [0.29, 0.717) is 19.7 Å². The van der Waals surface area contributed by atoms with Crippen molar-refractivity contribution in [3.63, 3.8) is 0 Å². The highest BCUT2D eigenvalue weighted by atomic mass is 32.2. The normalized spacial score (nSPS) is 11.5. The van der Waals surface area contributed by atoms with E-state index < -0.39 is 10.1 Å². The summed E-state index contributed by atoms with van der Waals surface area (Å²) in [7, 11) is -1.94. The van der Waals surface area contributed by atoms with Crippen LogP contribution in [0, 0.1) is 5.92 Å². The molecule has 124 valence electrons. The molecule has 0 atom stereocenters. The van der Waals surface area contributed by atoms with Gasteiger partial charge in [0, 0.05) is 26.1 Å². The second-order valence-corrected chi connectivity index (χ2v) is 6.91. The number of ether oxygens (including phenoxy) is 1. The number of hydrogen-bond donors (Lipinski definition) is 0. The molecule has 0 radical (unpaired) electrons. The van der Waals surface area contributed by atoms with E-state index in [2.05, 4.69) is 0 Å². The van der Waals surface area contributed by atoms with Crippen LogP contribution >= 0.6 is 0 Å². The molecule has 0 aliphatic rings. The molecule has 0 bridgehead atoms. The Bertz CT molecular complexity index is 580. The van der Waals surface area contributed by atoms with Crippen molar-refractivity contribution < 1.29 is 22.1 Å². The minimum absolute atomic E-state index is 0.0495. The van der Waals surface area contributed by atoms with Crippen molar-refractivity contribution in [1.82, 2.24) is 4.90 Å². The summed E-state index contributed by atoms with van der Waals surface area (Å²) in [6.07, 6.45) is 0.995. The summed E-state index contributed by atoms with van der Waals surface area (Å²) in [6, 6.07) is 6.64. The molecule has 0 aromatic heterocycles. The molecule has 1 aromatic carbocycles. The topological polar surface area (TPSA) is 72.9 Å². The number of rotatable bonds is 8. The molecule has 0 spiro atoms. The quantitative estimate of drug-likeness (QED) is 0.678. The molecule has 1 rings (SSSR count). The van der Waals surface area contributed by atoms with Gasteiger partial charge in [-0.15, -0.1) is 0 Å². The molecule has 0 fully saturated rings. The van der Waals surface area contributed by atoms with Crippen LogP contribution in [0.15, 0.2) is 24.3 Å². The molecular weight excluding hydrogens is 306 g/mol. The van der Waals surface area contributed by atoms with E-state index in [1.807, 2.05) is 13.8 Å². The lowest BCUT2D eigenvalue weighted by atomic mass is 10.1. The molecule has 0 unspecified atom stereocenters. The number of hydrogen-bond acceptors (Lipinski definition) is 5. The monoisotopic (exact) mass is 329 g/mol. The van der Waals surface area contributed by atoms with Crippen molar-refractivity contribution in [3.05, 3.63) is 29.8 Å². The van der Waals surface area contributed by atoms with Gasteiger partial charge < -0.3 is 13.8 Å². The summed E-state index contributed by atoms with van der Waals surface area (Å²) in [5, 5.41) is 0. The van der Waals surface area contributed by atoms with E-state index in [4.69, 9.17) is 8.92 Å². The van der Waals surface area contributed by atoms with Gasteiger partial charge in [0.05, 0.1) is 12.9 Å². The van der Waals surface area contributed by atoms with Gasteiger partial charge in [0.2, 0.25) is 5.91 Å². The fraction of sp³-hybridized carbons (Fsp3) is 0.533. The van der Waals surface area contributed by atoms with Gasteiger partial charge in [-0.25, -0.2) is 0 Å². The smallest absolute Gasteiger partial charge is 0.306 e. The fourth-order valence-corrected chi connectivity index (χ4v) is 2.34. The second-order valence-electron chi connectivity index (χ2n) is 5.34. The number of amides is 1. The average molecular weight is 329 g/mol. The first-order valence-corrected chi connectivity index (χ1v) is 8.80. The molecule has 6 nitrogen and oxygen atoms in total. The SMILES string of the molecule is COCCN(Cc1ccc(OS(C)(=O)=O)cc1)C(=O)C(C)C. The van der Waals surface area contributed by atoms with Gasteiger partial charge in [-0.05, 0) is 17.7 Å². The van der Waals surface area contributed by atoms with Gasteiger partial charge >= 0.3 is 10.1 Å². The average Bonchev–Trinajstić information content (AvgIpc) is 2.42. The van der Waals surface area contributed by atoms with Gasteiger partial charge in [0.1, 0.15) is 5.75 Å². The van der Waals surface area contributed by atoms with E-state index in [-0.39, 0.29) is 17.6 Å². The number of nitrogens with zero attached hydrogens (tertiary/aromatic N) is 1. The summed E-state index contributed by atoms with van der Waals surface area (Å²) in [5.74, 6) is 0.211. The van der Waals surface area contributed by atoms with Gasteiger partial charge in [-0.3, -0.25) is 4.79 Å². The summed E-state index contributed by atoms with van der Waals surface area (Å²) >= 11 is 0. The molecule has 1 aromatic rings. The van der Waals surface area contributed by atoms with Gasteiger partial charge in [-0.1, -0.05) is 26.0 Å². The first-order valence-electron chi connectivity index (χ1n) is 6.99. The van der Waals surface area contributed by atoms with Crippen LogP contribution in [-0.2, 0) is 26.2 Å². The third kappa shape index (κ3) is 6.44. The van der Waals surface area contributed by atoms with Crippen LogP contribution in [-0.4, -0.2) is 45.7 Å². The van der Waals surface area contributed by atoms with Gasteiger partial charge in [-0.2, -0.15) is 8.42 Å². The zero-order valence-corrected chi connectivity index (χ0v) is 14.2. The van der Waals surface area contributed by atoms with Crippen LogP contribution in [0.2, 0.25) is 0 Å². The molecule has 0 saturated carbocycles. The lowest BCUT2D eigenvalue weighted by Gasteiger charge is -2.24. The predicted molar refractivity (Wildman–Crippen MR) is 84.0 cm³/mol. The van der Waals surface area contributed by atoms with E-state index in [1.165, 1.54) is 0 Å². The minimum atomic E-state index is -3.53. The highest BCUT2D eigenvalue weighted by Gasteiger charge is 2.17. The second kappa shape index (κ2) is 8.14. The Morgan fingerprint density at radius 3 is 2.27 bits per heavy atom. The summed E-state index contributed by atoms with van der Waals surface area (Å²) < 4.78 is 31.9. The first-order chi connectivity index (χ1) is 10.2. The van der Waals surface area contributed by atoms with Crippen molar-refractivity contribution in [2.45, 2.75) is 20.4 Å². The molecule has 0 saturated heterocycles. The largest absolute Gasteiger partial charge is 0.383 e. The Labute approximate surface area is 132 Å². The molecule has 0 aliphatic heterocycles. The fourth-order valence-electron chi connectivity index (χ4n) is 1.88. The Balaban J connectivity index is 2.78. The van der Waals surface area contributed by atoms with Crippen LogP contribution in [0.3, 0.4) is 0 Å². The first kappa shape index (κ1) is 18.4. The van der Waals surface area contributed by atoms with Crippen LogP contribution in [0.1, 0.15) is 19.4 Å². The molecule has 0 N–H and O–H groups in total. The van der Waals surface area contributed by atoms with E-state index in [1.54, 1.807) is 36.3 Å². The van der Waals surface area contributed by atoms with E-state index >= 15 is 0 Å². The summed E-state index contributed by atoms with van der Waals surface area (Å²) in [6.45, 7) is 5.12. The highest BCUT2D eigenvalue weighted by Crippen LogP contribution is 2.16. The summed E-state index contributed by atoms with van der Waals surface area (Å²) in [4.78, 5) is 13.9. The molecule has 0 heterocycles. The third-order valence-corrected chi connectivity index (χ3v) is 3.41. The predicted octanol–water partition coefficient (Wildman–Crippen LogP) is 1.66. The number of benzene rings is 1. The maximum Gasteiger partial charge on any atom is 0.306 e.